The first-order valence-corrected chi connectivity index (χ1v) is 12.3. The number of carboxylic acids is 1. The first kappa shape index (κ1) is 27.6. The van der Waals surface area contributed by atoms with Gasteiger partial charge in [0.25, 0.3) is 5.91 Å². The molecule has 0 saturated heterocycles. The van der Waals surface area contributed by atoms with Gasteiger partial charge in [0.1, 0.15) is 17.6 Å². The lowest BCUT2D eigenvalue weighted by Crippen LogP contribution is -2.42. The summed E-state index contributed by atoms with van der Waals surface area (Å²) >= 11 is 12.1. The van der Waals surface area contributed by atoms with Crippen LogP contribution in [-0.4, -0.2) is 34.0 Å². The monoisotopic (exact) mass is 566 g/mol. The molecule has 0 aliphatic heterocycles. The van der Waals surface area contributed by atoms with Crippen molar-refractivity contribution in [3.63, 3.8) is 0 Å². The fraction of sp³-hybridized carbons (Fsp3) is 0.0714. The van der Waals surface area contributed by atoms with E-state index in [9.17, 15) is 23.9 Å². The zero-order chi connectivity index (χ0) is 27.9. The number of pyridine rings is 1. The third-order valence-corrected chi connectivity index (χ3v) is 6.45. The Balaban J connectivity index is 1.36. The largest absolute Gasteiger partial charge is 0.480 e. The molecule has 11 heteroatoms. The molecule has 1 aromatic heterocycles. The van der Waals surface area contributed by atoms with E-state index in [1.54, 1.807) is 48.5 Å². The summed E-state index contributed by atoms with van der Waals surface area (Å²) in [7, 11) is 0. The van der Waals surface area contributed by atoms with Crippen LogP contribution in [0.15, 0.2) is 85.1 Å². The lowest BCUT2D eigenvalue weighted by Gasteiger charge is -2.14. The molecular weight excluding hydrogens is 546 g/mol. The molecule has 4 rings (SSSR count). The van der Waals surface area contributed by atoms with Crippen molar-refractivity contribution in [3.8, 4) is 11.1 Å². The summed E-state index contributed by atoms with van der Waals surface area (Å²) in [6, 6.07) is 18.7. The molecule has 0 radical (unpaired) electrons. The Kier molecular flexibility index (Phi) is 8.75. The molecule has 0 aliphatic rings. The third kappa shape index (κ3) is 7.31. The van der Waals surface area contributed by atoms with E-state index in [-0.39, 0.29) is 17.1 Å². The lowest BCUT2D eigenvalue weighted by molar-refractivity contribution is -0.139. The van der Waals surface area contributed by atoms with Gasteiger partial charge < -0.3 is 21.1 Å². The number of hydrogen-bond acceptors (Lipinski definition) is 4. The molecule has 4 N–H and O–H groups in total. The van der Waals surface area contributed by atoms with Crippen LogP contribution in [0.5, 0.6) is 0 Å². The highest BCUT2D eigenvalue weighted by molar-refractivity contribution is 6.44. The molecule has 0 fully saturated rings. The van der Waals surface area contributed by atoms with Crippen molar-refractivity contribution < 1.29 is 23.9 Å². The molecule has 3 aromatic carbocycles. The second kappa shape index (κ2) is 12.4. The second-order valence-corrected chi connectivity index (χ2v) is 9.17. The Morgan fingerprint density at radius 3 is 2.21 bits per heavy atom. The van der Waals surface area contributed by atoms with Gasteiger partial charge in [-0.15, -0.1) is 0 Å². The number of anilines is 2. The van der Waals surface area contributed by atoms with Crippen LogP contribution in [0.3, 0.4) is 0 Å². The van der Waals surface area contributed by atoms with Crippen molar-refractivity contribution >= 4 is 52.5 Å². The summed E-state index contributed by atoms with van der Waals surface area (Å²) in [6.07, 6.45) is 1.48. The van der Waals surface area contributed by atoms with E-state index in [4.69, 9.17) is 23.2 Å². The number of rotatable bonds is 8. The molecule has 0 bridgehead atoms. The Hall–Kier alpha value is -4.47. The minimum atomic E-state index is -1.22. The Bertz CT molecular complexity index is 1500. The van der Waals surface area contributed by atoms with E-state index in [2.05, 4.69) is 20.9 Å². The number of urea groups is 1. The van der Waals surface area contributed by atoms with Crippen molar-refractivity contribution in [1.29, 1.82) is 0 Å². The summed E-state index contributed by atoms with van der Waals surface area (Å²) in [5.41, 5.74) is 2.99. The van der Waals surface area contributed by atoms with E-state index in [0.29, 0.717) is 27.5 Å². The van der Waals surface area contributed by atoms with Crippen molar-refractivity contribution in [2.24, 2.45) is 0 Å². The fourth-order valence-electron chi connectivity index (χ4n) is 3.62. The van der Waals surface area contributed by atoms with Crippen LogP contribution >= 0.6 is 23.2 Å². The number of aliphatic carboxylic acids is 1. The van der Waals surface area contributed by atoms with Crippen LogP contribution in [-0.2, 0) is 11.2 Å². The topological polar surface area (TPSA) is 120 Å². The second-order valence-electron chi connectivity index (χ2n) is 8.38. The molecular formula is C28H21Cl2FN4O4. The average molecular weight is 567 g/mol. The summed E-state index contributed by atoms with van der Waals surface area (Å²) in [5, 5.41) is 17.8. The predicted octanol–water partition coefficient (Wildman–Crippen LogP) is 6.26. The zero-order valence-electron chi connectivity index (χ0n) is 20.1. The van der Waals surface area contributed by atoms with Crippen LogP contribution < -0.4 is 16.0 Å². The van der Waals surface area contributed by atoms with E-state index in [1.807, 2.05) is 0 Å². The normalized spacial score (nSPS) is 11.4. The molecule has 4 aromatic rings. The molecule has 0 aliphatic carbocycles. The first-order valence-electron chi connectivity index (χ1n) is 11.6. The number of nitrogens with zero attached hydrogens (tertiary/aromatic N) is 1. The maximum Gasteiger partial charge on any atom is 0.326 e. The van der Waals surface area contributed by atoms with Crippen LogP contribution in [0.25, 0.3) is 11.1 Å². The van der Waals surface area contributed by atoms with Crippen LogP contribution in [0, 0.1) is 5.82 Å². The number of aromatic nitrogens is 1. The summed E-state index contributed by atoms with van der Waals surface area (Å²) < 4.78 is 13.1. The van der Waals surface area contributed by atoms with E-state index in [1.165, 1.54) is 36.5 Å². The molecule has 198 valence electrons. The fourth-order valence-corrected chi connectivity index (χ4v) is 3.97. The van der Waals surface area contributed by atoms with E-state index in [0.717, 1.165) is 5.56 Å². The van der Waals surface area contributed by atoms with Gasteiger partial charge in [-0.25, -0.2) is 14.0 Å². The smallest absolute Gasteiger partial charge is 0.326 e. The van der Waals surface area contributed by atoms with Crippen LogP contribution in [0.1, 0.15) is 16.1 Å². The first-order chi connectivity index (χ1) is 18.7. The molecule has 3 amide bonds. The maximum absolute atomic E-state index is 13.1. The van der Waals surface area contributed by atoms with Gasteiger partial charge in [-0.2, -0.15) is 0 Å². The highest BCUT2D eigenvalue weighted by atomic mass is 35.5. The maximum atomic E-state index is 13.1. The number of benzene rings is 3. The highest BCUT2D eigenvalue weighted by Crippen LogP contribution is 2.29. The van der Waals surface area contributed by atoms with Gasteiger partial charge in [-0.1, -0.05) is 59.6 Å². The molecule has 1 unspecified atom stereocenters. The molecule has 39 heavy (non-hydrogen) atoms. The molecule has 1 atom stereocenters. The van der Waals surface area contributed by atoms with Crippen LogP contribution in [0.2, 0.25) is 10.0 Å². The molecule has 8 nitrogen and oxygen atoms in total. The summed E-state index contributed by atoms with van der Waals surface area (Å²) in [5.74, 6) is -2.31. The van der Waals surface area contributed by atoms with Gasteiger partial charge in [0, 0.05) is 23.9 Å². The van der Waals surface area contributed by atoms with Gasteiger partial charge in [0.05, 0.1) is 15.7 Å². The molecule has 0 saturated carbocycles. The van der Waals surface area contributed by atoms with E-state index >= 15 is 0 Å². The van der Waals surface area contributed by atoms with Gasteiger partial charge in [0.2, 0.25) is 0 Å². The van der Waals surface area contributed by atoms with Crippen LogP contribution in [0.4, 0.5) is 20.6 Å². The quantitative estimate of drug-likeness (QED) is 0.200. The number of amides is 3. The number of carbonyl (C=O) groups is 3. The number of nitrogens with one attached hydrogen (secondary N) is 3. The number of hydrogen-bond donors (Lipinski definition) is 4. The van der Waals surface area contributed by atoms with Crippen molar-refractivity contribution in [2.45, 2.75) is 12.5 Å². The molecule has 1 heterocycles. The molecule has 0 spiro atoms. The Morgan fingerprint density at radius 1 is 0.872 bits per heavy atom. The summed E-state index contributed by atoms with van der Waals surface area (Å²) in [6.45, 7) is 0. The highest BCUT2D eigenvalue weighted by Gasteiger charge is 2.22. The number of carboxylic acid groups (broad SMARTS) is 1. The third-order valence-electron chi connectivity index (χ3n) is 5.63. The number of carbonyl (C=O) groups excluding carboxylic acids is 2. The van der Waals surface area contributed by atoms with Gasteiger partial charge in [-0.3, -0.25) is 9.78 Å². The van der Waals surface area contributed by atoms with Gasteiger partial charge in [0.15, 0.2) is 0 Å². The van der Waals surface area contributed by atoms with Gasteiger partial charge >= 0.3 is 12.0 Å². The average Bonchev–Trinajstić information content (AvgIpc) is 2.92. The SMILES string of the molecule is O=C(Nc1ccc(-c2ccc(C(=O)NC(Cc3ccc(F)cc3)C(=O)O)nc2)cc1)Nc1cccc(Cl)c1Cl. The Morgan fingerprint density at radius 2 is 1.56 bits per heavy atom. The minimum absolute atomic E-state index is 0.00994. The zero-order valence-corrected chi connectivity index (χ0v) is 21.6. The van der Waals surface area contributed by atoms with Crippen molar-refractivity contribution in [2.75, 3.05) is 10.6 Å². The summed E-state index contributed by atoms with van der Waals surface area (Å²) in [4.78, 5) is 40.7. The van der Waals surface area contributed by atoms with E-state index < -0.39 is 29.8 Å². The van der Waals surface area contributed by atoms with Crippen molar-refractivity contribution in [3.05, 3.63) is 112 Å². The van der Waals surface area contributed by atoms with Crippen molar-refractivity contribution in [1.82, 2.24) is 10.3 Å². The van der Waals surface area contributed by atoms with Gasteiger partial charge in [-0.05, 0) is 53.6 Å². The standard InChI is InChI=1S/C28H21Cl2FN4O4/c29-21-2-1-3-22(25(21)30)35-28(39)33-20-11-6-17(7-12-20)18-8-13-23(32-15-18)26(36)34-24(27(37)38)14-16-4-9-19(31)10-5-16/h1-13,15,24H,14H2,(H,34,36)(H,37,38)(H2,33,35,39). The number of halogens is 3. The Labute approximate surface area is 232 Å². The minimum Gasteiger partial charge on any atom is -0.480 e. The lowest BCUT2D eigenvalue weighted by atomic mass is 10.1. The predicted molar refractivity (Wildman–Crippen MR) is 148 cm³/mol.